The quantitative estimate of drug-likeness (QED) is 0.821. The fraction of sp³-hybridized carbons (Fsp3) is 0.308. The van der Waals surface area contributed by atoms with Crippen molar-refractivity contribution in [2.75, 3.05) is 12.8 Å². The Hall–Kier alpha value is -1.84. The predicted octanol–water partition coefficient (Wildman–Crippen LogP) is 2.45. The van der Waals surface area contributed by atoms with Gasteiger partial charge in [-0.1, -0.05) is 0 Å². The maximum absolute atomic E-state index is 13.5. The molecule has 3 rings (SSSR count). The molecule has 0 radical (unpaired) electrons. The minimum absolute atomic E-state index is 0.346. The minimum Gasteiger partial charge on any atom is -0.494 e. The van der Waals surface area contributed by atoms with Crippen molar-refractivity contribution in [2.45, 2.75) is 19.3 Å². The normalized spacial score (nSPS) is 14.0. The van der Waals surface area contributed by atoms with Crippen molar-refractivity contribution in [1.29, 1.82) is 0 Å². The van der Waals surface area contributed by atoms with Crippen LogP contribution in [0.3, 0.4) is 0 Å². The summed E-state index contributed by atoms with van der Waals surface area (Å²) in [5.74, 6) is 0.0993. The van der Waals surface area contributed by atoms with Gasteiger partial charge in [0.1, 0.15) is 17.1 Å². The summed E-state index contributed by atoms with van der Waals surface area (Å²) in [7, 11) is 1.51. The van der Waals surface area contributed by atoms with Crippen molar-refractivity contribution in [3.63, 3.8) is 0 Å². The minimum atomic E-state index is -0.346. The van der Waals surface area contributed by atoms with E-state index >= 15 is 0 Å². The van der Waals surface area contributed by atoms with Gasteiger partial charge < -0.3 is 10.5 Å². The average molecular weight is 232 g/mol. The highest BCUT2D eigenvalue weighted by atomic mass is 19.1. The molecule has 17 heavy (non-hydrogen) atoms. The first-order chi connectivity index (χ1) is 8.20. The van der Waals surface area contributed by atoms with E-state index in [4.69, 9.17) is 10.5 Å². The first kappa shape index (κ1) is 10.3. The fourth-order valence-electron chi connectivity index (χ4n) is 2.49. The summed E-state index contributed by atoms with van der Waals surface area (Å²) in [5.41, 5.74) is 9.51. The van der Waals surface area contributed by atoms with E-state index in [1.807, 2.05) is 0 Å². The molecule has 1 aromatic carbocycles. The number of nitrogens with zero attached hydrogens (tertiary/aromatic N) is 1. The second-order valence-electron chi connectivity index (χ2n) is 4.31. The second kappa shape index (κ2) is 3.58. The molecule has 0 unspecified atom stereocenters. The van der Waals surface area contributed by atoms with Gasteiger partial charge in [-0.25, -0.2) is 9.37 Å². The van der Waals surface area contributed by atoms with Gasteiger partial charge in [-0.2, -0.15) is 0 Å². The average Bonchev–Trinajstić information content (AvgIpc) is 2.78. The van der Waals surface area contributed by atoms with Gasteiger partial charge in [0.15, 0.2) is 0 Å². The highest BCUT2D eigenvalue weighted by Gasteiger charge is 2.20. The van der Waals surface area contributed by atoms with Crippen molar-refractivity contribution in [2.24, 2.45) is 0 Å². The van der Waals surface area contributed by atoms with E-state index in [0.717, 1.165) is 30.5 Å². The van der Waals surface area contributed by atoms with E-state index < -0.39 is 0 Å². The van der Waals surface area contributed by atoms with Crippen LogP contribution in [0.25, 0.3) is 10.9 Å². The number of methoxy groups -OCH3 is 1. The van der Waals surface area contributed by atoms with Gasteiger partial charge in [0.05, 0.1) is 7.11 Å². The van der Waals surface area contributed by atoms with Gasteiger partial charge in [0, 0.05) is 22.8 Å². The lowest BCUT2D eigenvalue weighted by Gasteiger charge is -2.11. The number of halogens is 1. The molecule has 3 nitrogen and oxygen atoms in total. The number of aromatic nitrogens is 1. The number of nitrogens with two attached hydrogens (primary N) is 1. The third-order valence-electron chi connectivity index (χ3n) is 3.31. The van der Waals surface area contributed by atoms with Crippen molar-refractivity contribution >= 4 is 16.6 Å². The van der Waals surface area contributed by atoms with Crippen LogP contribution in [0.1, 0.15) is 17.7 Å². The van der Waals surface area contributed by atoms with Crippen LogP contribution in [0.4, 0.5) is 10.1 Å². The van der Waals surface area contributed by atoms with E-state index in [2.05, 4.69) is 4.98 Å². The molecule has 4 heteroatoms. The Morgan fingerprint density at radius 2 is 2.18 bits per heavy atom. The molecule has 0 fully saturated rings. The summed E-state index contributed by atoms with van der Waals surface area (Å²) in [6, 6.07) is 2.77. The Bertz CT molecular complexity index is 610. The van der Waals surface area contributed by atoms with Gasteiger partial charge in [-0.05, 0) is 30.9 Å². The molecule has 0 bridgehead atoms. The number of ether oxygens (including phenoxy) is 1. The predicted molar refractivity (Wildman–Crippen MR) is 64.7 cm³/mol. The Balaban J connectivity index is 2.42. The van der Waals surface area contributed by atoms with Gasteiger partial charge in [0.25, 0.3) is 0 Å². The topological polar surface area (TPSA) is 48.1 Å². The van der Waals surface area contributed by atoms with Crippen LogP contribution in [0.15, 0.2) is 12.1 Å². The molecule has 1 aliphatic rings. The zero-order valence-corrected chi connectivity index (χ0v) is 9.59. The molecule has 1 aromatic heterocycles. The molecule has 0 amide bonds. The molecule has 0 aliphatic heterocycles. The zero-order valence-electron chi connectivity index (χ0n) is 9.59. The van der Waals surface area contributed by atoms with Crippen LogP contribution in [0.5, 0.6) is 5.75 Å². The van der Waals surface area contributed by atoms with Crippen molar-refractivity contribution in [1.82, 2.24) is 4.98 Å². The molecular weight excluding hydrogens is 219 g/mol. The molecule has 0 saturated heterocycles. The summed E-state index contributed by atoms with van der Waals surface area (Å²) in [6.45, 7) is 0. The monoisotopic (exact) mass is 232 g/mol. The van der Waals surface area contributed by atoms with Crippen molar-refractivity contribution < 1.29 is 9.13 Å². The van der Waals surface area contributed by atoms with Crippen LogP contribution < -0.4 is 10.5 Å². The third kappa shape index (κ3) is 1.44. The van der Waals surface area contributed by atoms with Gasteiger partial charge >= 0.3 is 0 Å². The molecular formula is C13H13FN2O. The lowest BCUT2D eigenvalue weighted by Crippen LogP contribution is -2.00. The van der Waals surface area contributed by atoms with E-state index in [9.17, 15) is 4.39 Å². The number of benzene rings is 1. The SMILES string of the molecule is COc1cc(F)cc2c(N)c3c(nc12)CCC3. The molecule has 88 valence electrons. The molecule has 0 atom stereocenters. The molecule has 1 heterocycles. The highest BCUT2D eigenvalue weighted by molar-refractivity contribution is 5.96. The van der Waals surface area contributed by atoms with E-state index in [-0.39, 0.29) is 5.82 Å². The number of aryl methyl sites for hydroxylation is 1. The molecule has 2 aromatic rings. The van der Waals surface area contributed by atoms with Crippen LogP contribution in [-0.4, -0.2) is 12.1 Å². The largest absolute Gasteiger partial charge is 0.494 e. The molecule has 1 aliphatic carbocycles. The maximum atomic E-state index is 13.5. The summed E-state index contributed by atoms with van der Waals surface area (Å²) in [4.78, 5) is 4.56. The third-order valence-corrected chi connectivity index (χ3v) is 3.31. The van der Waals surface area contributed by atoms with Crippen LogP contribution >= 0.6 is 0 Å². The second-order valence-corrected chi connectivity index (χ2v) is 4.31. The van der Waals surface area contributed by atoms with E-state index in [1.165, 1.54) is 19.2 Å². The Morgan fingerprint density at radius 3 is 2.94 bits per heavy atom. The Morgan fingerprint density at radius 1 is 1.35 bits per heavy atom. The summed E-state index contributed by atoms with van der Waals surface area (Å²) < 4.78 is 18.6. The maximum Gasteiger partial charge on any atom is 0.148 e. The lowest BCUT2D eigenvalue weighted by molar-refractivity contribution is 0.415. The number of nitrogen functional groups attached to an aromatic ring is 1. The number of rotatable bonds is 1. The number of hydrogen-bond donors (Lipinski definition) is 1. The Kier molecular flexibility index (Phi) is 2.18. The molecule has 2 N–H and O–H groups in total. The first-order valence-electron chi connectivity index (χ1n) is 5.65. The van der Waals surface area contributed by atoms with Crippen LogP contribution in [0.2, 0.25) is 0 Å². The Labute approximate surface area is 98.4 Å². The number of hydrogen-bond acceptors (Lipinski definition) is 3. The standard InChI is InChI=1S/C13H13FN2O/c1-17-11-6-7(14)5-9-12(15)8-3-2-4-10(8)16-13(9)11/h5-6H,2-4H2,1H3,(H2,15,16). The van der Waals surface area contributed by atoms with Crippen LogP contribution in [-0.2, 0) is 12.8 Å². The lowest BCUT2D eigenvalue weighted by atomic mass is 10.1. The van der Waals surface area contributed by atoms with Gasteiger partial charge in [-0.15, -0.1) is 0 Å². The molecule has 0 saturated carbocycles. The van der Waals surface area contributed by atoms with E-state index in [0.29, 0.717) is 22.3 Å². The van der Waals surface area contributed by atoms with Gasteiger partial charge in [0.2, 0.25) is 0 Å². The summed E-state index contributed by atoms with van der Waals surface area (Å²) >= 11 is 0. The number of fused-ring (bicyclic) bond motifs is 2. The number of pyridine rings is 1. The smallest absolute Gasteiger partial charge is 0.148 e. The summed E-state index contributed by atoms with van der Waals surface area (Å²) in [6.07, 6.45) is 2.94. The van der Waals surface area contributed by atoms with Crippen molar-refractivity contribution in [3.05, 3.63) is 29.2 Å². The molecule has 0 spiro atoms. The first-order valence-corrected chi connectivity index (χ1v) is 5.65. The number of anilines is 1. The fourth-order valence-corrected chi connectivity index (χ4v) is 2.49. The zero-order chi connectivity index (χ0) is 12.0. The van der Waals surface area contributed by atoms with Crippen molar-refractivity contribution in [3.8, 4) is 5.75 Å². The van der Waals surface area contributed by atoms with E-state index in [1.54, 1.807) is 0 Å². The van der Waals surface area contributed by atoms with Gasteiger partial charge in [-0.3, -0.25) is 0 Å². The van der Waals surface area contributed by atoms with Crippen LogP contribution in [0, 0.1) is 5.82 Å². The summed E-state index contributed by atoms with van der Waals surface area (Å²) in [5, 5.41) is 0.655. The highest BCUT2D eigenvalue weighted by Crippen LogP contribution is 2.35.